The molecule has 1 aromatic heterocycles. The lowest BCUT2D eigenvalue weighted by atomic mass is 10.2. The van der Waals surface area contributed by atoms with Crippen LogP contribution < -0.4 is 10.1 Å². The minimum atomic E-state index is -0.293. The third-order valence-electron chi connectivity index (χ3n) is 3.07. The van der Waals surface area contributed by atoms with Crippen molar-refractivity contribution in [3.8, 4) is 5.75 Å². The van der Waals surface area contributed by atoms with Gasteiger partial charge in [0.1, 0.15) is 5.75 Å². The molecule has 0 saturated heterocycles. The molecule has 0 saturated carbocycles. The van der Waals surface area contributed by atoms with Crippen molar-refractivity contribution in [1.82, 2.24) is 10.2 Å². The summed E-state index contributed by atoms with van der Waals surface area (Å²) in [5, 5.41) is 11.6. The van der Waals surface area contributed by atoms with Crippen molar-refractivity contribution >= 4 is 22.5 Å². The fraction of sp³-hybridized carbons (Fsp3) is 0.0625. The quantitative estimate of drug-likeness (QED) is 0.800. The van der Waals surface area contributed by atoms with Gasteiger partial charge in [0.15, 0.2) is 5.69 Å². The molecular formula is C16H13N3O2. The number of fused-ring (bicyclic) bond motifs is 1. The summed E-state index contributed by atoms with van der Waals surface area (Å²) in [4.78, 5) is 12.2. The van der Waals surface area contributed by atoms with Gasteiger partial charge in [0.2, 0.25) is 0 Å². The maximum atomic E-state index is 12.2. The molecule has 2 aromatic carbocycles. The maximum Gasteiger partial charge on any atom is 0.276 e. The van der Waals surface area contributed by atoms with Gasteiger partial charge in [-0.2, -0.15) is 0 Å². The van der Waals surface area contributed by atoms with E-state index in [1.807, 2.05) is 24.3 Å². The maximum absolute atomic E-state index is 12.2. The van der Waals surface area contributed by atoms with Gasteiger partial charge in [-0.15, -0.1) is 10.2 Å². The zero-order valence-corrected chi connectivity index (χ0v) is 11.4. The van der Waals surface area contributed by atoms with Gasteiger partial charge in [-0.25, -0.2) is 0 Å². The third-order valence-corrected chi connectivity index (χ3v) is 3.07. The number of methoxy groups -OCH3 is 1. The molecule has 0 atom stereocenters. The summed E-state index contributed by atoms with van der Waals surface area (Å²) in [6.45, 7) is 0. The van der Waals surface area contributed by atoms with Crippen LogP contribution in [-0.2, 0) is 0 Å². The lowest BCUT2D eigenvalue weighted by Gasteiger charge is -2.06. The number of anilines is 1. The van der Waals surface area contributed by atoms with Crippen molar-refractivity contribution in [3.05, 3.63) is 60.3 Å². The molecule has 0 aliphatic rings. The van der Waals surface area contributed by atoms with Crippen molar-refractivity contribution in [2.75, 3.05) is 12.4 Å². The molecule has 5 heteroatoms. The molecule has 5 nitrogen and oxygen atoms in total. The van der Waals surface area contributed by atoms with Crippen LogP contribution in [0, 0.1) is 0 Å². The van der Waals surface area contributed by atoms with Crippen molar-refractivity contribution < 1.29 is 9.53 Å². The fourth-order valence-electron chi connectivity index (χ4n) is 1.96. The summed E-state index contributed by atoms with van der Waals surface area (Å²) in [6.07, 6.45) is 0. The smallest absolute Gasteiger partial charge is 0.276 e. The summed E-state index contributed by atoms with van der Waals surface area (Å²) in [6, 6.07) is 16.4. The standard InChI is InChI=1S/C16H13N3O2/c1-21-13-8-6-12(7-9-13)17-16(20)15-10-11-4-2-3-5-14(11)18-19-15/h2-10H,1H3,(H,17,20). The number of hydrogen-bond acceptors (Lipinski definition) is 4. The van der Waals surface area contributed by atoms with E-state index in [2.05, 4.69) is 15.5 Å². The Hall–Kier alpha value is -2.95. The lowest BCUT2D eigenvalue weighted by molar-refractivity contribution is 0.102. The van der Waals surface area contributed by atoms with Gasteiger partial charge in [0, 0.05) is 11.1 Å². The molecule has 0 spiro atoms. The first-order valence-electron chi connectivity index (χ1n) is 6.44. The average molecular weight is 279 g/mol. The largest absolute Gasteiger partial charge is 0.497 e. The first-order valence-corrected chi connectivity index (χ1v) is 6.44. The highest BCUT2D eigenvalue weighted by Gasteiger charge is 2.09. The molecule has 104 valence electrons. The highest BCUT2D eigenvalue weighted by atomic mass is 16.5. The van der Waals surface area contributed by atoms with Crippen LogP contribution in [0.5, 0.6) is 5.75 Å². The number of carbonyl (C=O) groups is 1. The highest BCUT2D eigenvalue weighted by Crippen LogP contribution is 2.16. The molecule has 0 aliphatic carbocycles. The van der Waals surface area contributed by atoms with Crippen molar-refractivity contribution in [2.45, 2.75) is 0 Å². The van der Waals surface area contributed by atoms with Crippen LogP contribution in [0.15, 0.2) is 54.6 Å². The summed E-state index contributed by atoms with van der Waals surface area (Å²) in [5.74, 6) is 0.442. The van der Waals surface area contributed by atoms with Crippen molar-refractivity contribution in [1.29, 1.82) is 0 Å². The molecule has 0 unspecified atom stereocenters. The van der Waals surface area contributed by atoms with E-state index in [1.54, 1.807) is 37.4 Å². The second kappa shape index (κ2) is 5.58. The van der Waals surface area contributed by atoms with Gasteiger partial charge in [0.05, 0.1) is 12.6 Å². The number of amides is 1. The van der Waals surface area contributed by atoms with Crippen LogP contribution in [0.1, 0.15) is 10.5 Å². The van der Waals surface area contributed by atoms with E-state index in [0.717, 1.165) is 16.7 Å². The number of rotatable bonds is 3. The van der Waals surface area contributed by atoms with Crippen LogP contribution in [-0.4, -0.2) is 23.2 Å². The number of benzene rings is 2. The van der Waals surface area contributed by atoms with Crippen molar-refractivity contribution in [2.24, 2.45) is 0 Å². The molecule has 0 fully saturated rings. The van der Waals surface area contributed by atoms with Gasteiger partial charge in [-0.3, -0.25) is 4.79 Å². The SMILES string of the molecule is COc1ccc(NC(=O)c2cc3ccccc3nn2)cc1. The van der Waals surface area contributed by atoms with Crippen LogP contribution in [0.25, 0.3) is 10.9 Å². The van der Waals surface area contributed by atoms with E-state index < -0.39 is 0 Å². The van der Waals surface area contributed by atoms with E-state index in [0.29, 0.717) is 5.69 Å². The lowest BCUT2D eigenvalue weighted by Crippen LogP contribution is -2.14. The van der Waals surface area contributed by atoms with Crippen LogP contribution in [0.4, 0.5) is 5.69 Å². The monoisotopic (exact) mass is 279 g/mol. The minimum absolute atomic E-state index is 0.282. The predicted octanol–water partition coefficient (Wildman–Crippen LogP) is 2.89. The van der Waals surface area contributed by atoms with Crippen LogP contribution in [0.2, 0.25) is 0 Å². The summed E-state index contributed by atoms with van der Waals surface area (Å²) >= 11 is 0. The fourth-order valence-corrected chi connectivity index (χ4v) is 1.96. The molecule has 3 rings (SSSR count). The first-order chi connectivity index (χ1) is 10.3. The zero-order valence-electron chi connectivity index (χ0n) is 11.4. The molecule has 3 aromatic rings. The first kappa shape index (κ1) is 13.1. The zero-order chi connectivity index (χ0) is 14.7. The van der Waals surface area contributed by atoms with Gasteiger partial charge in [-0.1, -0.05) is 18.2 Å². The molecule has 1 heterocycles. The second-order valence-corrected chi connectivity index (χ2v) is 4.47. The molecule has 1 N–H and O–H groups in total. The van der Waals surface area contributed by atoms with Gasteiger partial charge in [0.25, 0.3) is 5.91 Å². The molecule has 21 heavy (non-hydrogen) atoms. The number of aromatic nitrogens is 2. The molecule has 0 aliphatic heterocycles. The van der Waals surface area contributed by atoms with Gasteiger partial charge < -0.3 is 10.1 Å². The summed E-state index contributed by atoms with van der Waals surface area (Å²) in [5.41, 5.74) is 1.72. The number of carbonyl (C=O) groups excluding carboxylic acids is 1. The Bertz CT molecular complexity index is 785. The Morgan fingerprint density at radius 2 is 1.81 bits per heavy atom. The number of nitrogens with one attached hydrogen (secondary N) is 1. The Morgan fingerprint density at radius 1 is 1.05 bits per heavy atom. The minimum Gasteiger partial charge on any atom is -0.497 e. The van der Waals surface area contributed by atoms with Gasteiger partial charge in [-0.05, 0) is 36.4 Å². The topological polar surface area (TPSA) is 64.1 Å². The summed E-state index contributed by atoms with van der Waals surface area (Å²) < 4.78 is 5.07. The third kappa shape index (κ3) is 2.81. The predicted molar refractivity (Wildman–Crippen MR) is 80.5 cm³/mol. The Balaban J connectivity index is 1.82. The van der Waals surface area contributed by atoms with Crippen LogP contribution in [0.3, 0.4) is 0 Å². The molecule has 0 radical (unpaired) electrons. The normalized spacial score (nSPS) is 10.3. The second-order valence-electron chi connectivity index (χ2n) is 4.47. The van der Waals surface area contributed by atoms with Crippen LogP contribution >= 0.6 is 0 Å². The Kier molecular flexibility index (Phi) is 3.47. The van der Waals surface area contributed by atoms with E-state index in [-0.39, 0.29) is 11.6 Å². The Morgan fingerprint density at radius 3 is 2.57 bits per heavy atom. The van der Waals surface area contributed by atoms with E-state index >= 15 is 0 Å². The highest BCUT2D eigenvalue weighted by molar-refractivity contribution is 6.04. The number of nitrogens with zero attached hydrogens (tertiary/aromatic N) is 2. The van der Waals surface area contributed by atoms with Gasteiger partial charge >= 0.3 is 0 Å². The summed E-state index contributed by atoms with van der Waals surface area (Å²) in [7, 11) is 1.60. The number of hydrogen-bond donors (Lipinski definition) is 1. The average Bonchev–Trinajstić information content (AvgIpc) is 2.55. The molecule has 0 bridgehead atoms. The van der Waals surface area contributed by atoms with E-state index in [9.17, 15) is 4.79 Å². The van der Waals surface area contributed by atoms with E-state index in [1.165, 1.54) is 0 Å². The van der Waals surface area contributed by atoms with E-state index in [4.69, 9.17) is 4.74 Å². The Labute approximate surface area is 121 Å². The number of ether oxygens (including phenoxy) is 1. The molecular weight excluding hydrogens is 266 g/mol. The van der Waals surface area contributed by atoms with Crippen molar-refractivity contribution in [3.63, 3.8) is 0 Å². The molecule has 1 amide bonds.